The third-order valence-electron chi connectivity index (χ3n) is 4.77. The largest absolute Gasteiger partial charge is 0.337 e. The van der Waals surface area contributed by atoms with Crippen molar-refractivity contribution < 1.29 is 4.79 Å². The molecule has 130 valence electrons. The molecule has 0 aromatic carbocycles. The highest BCUT2D eigenvalue weighted by Gasteiger charge is 2.19. The Hall–Kier alpha value is -2.15. The number of aromatic nitrogens is 3. The molecule has 2 heterocycles. The fourth-order valence-electron chi connectivity index (χ4n) is 3.34. The summed E-state index contributed by atoms with van der Waals surface area (Å²) in [6.45, 7) is 3.43. The average Bonchev–Trinajstić information content (AvgIpc) is 3.24. The maximum Gasteiger partial charge on any atom is 0.315 e. The van der Waals surface area contributed by atoms with Gasteiger partial charge in [-0.15, -0.1) is 10.2 Å². The number of carbonyl (C=O) groups excluding carboxylic acids is 1. The lowest BCUT2D eigenvalue weighted by Gasteiger charge is -2.24. The van der Waals surface area contributed by atoms with Crippen LogP contribution in [0.15, 0.2) is 24.4 Å². The third-order valence-corrected chi connectivity index (χ3v) is 4.77. The van der Waals surface area contributed by atoms with Crippen LogP contribution in [0.3, 0.4) is 0 Å². The zero-order valence-electron chi connectivity index (χ0n) is 14.4. The van der Waals surface area contributed by atoms with Gasteiger partial charge < -0.3 is 15.5 Å². The van der Waals surface area contributed by atoms with Crippen LogP contribution in [-0.4, -0.2) is 51.7 Å². The van der Waals surface area contributed by atoms with Crippen molar-refractivity contribution in [2.24, 2.45) is 0 Å². The summed E-state index contributed by atoms with van der Waals surface area (Å²) in [4.78, 5) is 14.4. The molecule has 7 heteroatoms. The van der Waals surface area contributed by atoms with E-state index in [2.05, 4.69) is 32.8 Å². The molecular formula is C17H26N6O. The number of carbonyl (C=O) groups is 1. The lowest BCUT2D eigenvalue weighted by molar-refractivity contribution is 0.226. The molecule has 2 aromatic heterocycles. The molecule has 0 aliphatic heterocycles. The molecule has 0 radical (unpaired) electrons. The Morgan fingerprint density at radius 3 is 2.96 bits per heavy atom. The Balaban J connectivity index is 1.46. The van der Waals surface area contributed by atoms with Crippen LogP contribution in [0, 0.1) is 0 Å². The van der Waals surface area contributed by atoms with Crippen molar-refractivity contribution in [1.82, 2.24) is 30.1 Å². The van der Waals surface area contributed by atoms with Crippen molar-refractivity contribution >= 4 is 11.7 Å². The number of hydrogen-bond donors (Lipinski definition) is 2. The Kier molecular flexibility index (Phi) is 5.30. The fourth-order valence-corrected chi connectivity index (χ4v) is 3.34. The molecule has 0 saturated heterocycles. The number of hydrogen-bond acceptors (Lipinski definition) is 4. The molecule has 0 spiro atoms. The molecule has 1 saturated carbocycles. The van der Waals surface area contributed by atoms with Crippen molar-refractivity contribution in [2.45, 2.75) is 44.7 Å². The highest BCUT2D eigenvalue weighted by atomic mass is 16.2. The summed E-state index contributed by atoms with van der Waals surface area (Å²) in [6, 6.07) is 6.02. The van der Waals surface area contributed by atoms with E-state index >= 15 is 0 Å². The van der Waals surface area contributed by atoms with Gasteiger partial charge in [0.25, 0.3) is 0 Å². The minimum absolute atomic E-state index is 0.171. The van der Waals surface area contributed by atoms with Crippen LogP contribution in [0.2, 0.25) is 0 Å². The van der Waals surface area contributed by atoms with Gasteiger partial charge >= 0.3 is 6.03 Å². The molecule has 2 N–H and O–H groups in total. The van der Waals surface area contributed by atoms with E-state index in [-0.39, 0.29) is 12.1 Å². The van der Waals surface area contributed by atoms with Crippen molar-refractivity contribution in [3.05, 3.63) is 30.2 Å². The van der Waals surface area contributed by atoms with Gasteiger partial charge in [0.15, 0.2) is 11.5 Å². The third kappa shape index (κ3) is 3.84. The normalized spacial score (nSPS) is 16.6. The predicted octanol–water partition coefficient (Wildman–Crippen LogP) is 1.96. The average molecular weight is 330 g/mol. The minimum Gasteiger partial charge on any atom is -0.337 e. The van der Waals surface area contributed by atoms with Gasteiger partial charge in [0.05, 0.1) is 6.04 Å². The van der Waals surface area contributed by atoms with Crippen LogP contribution in [0.5, 0.6) is 0 Å². The van der Waals surface area contributed by atoms with Crippen molar-refractivity contribution in [3.8, 4) is 0 Å². The van der Waals surface area contributed by atoms with Gasteiger partial charge in [-0.05, 0) is 38.9 Å². The second-order valence-corrected chi connectivity index (χ2v) is 6.53. The van der Waals surface area contributed by atoms with Gasteiger partial charge in [-0.1, -0.05) is 18.9 Å². The Morgan fingerprint density at radius 2 is 2.17 bits per heavy atom. The number of rotatable bonds is 6. The summed E-state index contributed by atoms with van der Waals surface area (Å²) >= 11 is 0. The molecule has 1 unspecified atom stereocenters. The summed E-state index contributed by atoms with van der Waals surface area (Å²) in [7, 11) is 2.14. The van der Waals surface area contributed by atoms with E-state index < -0.39 is 0 Å². The highest BCUT2D eigenvalue weighted by molar-refractivity contribution is 5.74. The van der Waals surface area contributed by atoms with E-state index in [4.69, 9.17) is 0 Å². The summed E-state index contributed by atoms with van der Waals surface area (Å²) in [5, 5.41) is 14.1. The minimum atomic E-state index is -0.213. The first-order valence-electron chi connectivity index (χ1n) is 8.69. The van der Waals surface area contributed by atoms with Gasteiger partial charge in [-0.3, -0.25) is 4.40 Å². The fraction of sp³-hybridized carbons (Fsp3) is 0.588. The number of urea groups is 1. The number of nitrogens with one attached hydrogen (secondary N) is 2. The van der Waals surface area contributed by atoms with E-state index in [1.807, 2.05) is 35.7 Å². The molecule has 1 aliphatic carbocycles. The zero-order chi connectivity index (χ0) is 16.9. The summed E-state index contributed by atoms with van der Waals surface area (Å²) in [6.07, 6.45) is 7.11. The quantitative estimate of drug-likeness (QED) is 0.849. The molecular weight excluding hydrogens is 304 g/mol. The number of amides is 2. The number of likely N-dealkylation sites (N-methyl/N-ethyl adjacent to an activating group) is 1. The van der Waals surface area contributed by atoms with Gasteiger partial charge in [-0.2, -0.15) is 0 Å². The molecule has 2 amide bonds. The van der Waals surface area contributed by atoms with Gasteiger partial charge in [0, 0.05) is 25.3 Å². The first-order valence-corrected chi connectivity index (χ1v) is 8.69. The molecule has 7 nitrogen and oxygen atoms in total. The first kappa shape index (κ1) is 16.7. The summed E-state index contributed by atoms with van der Waals surface area (Å²) < 4.78 is 1.89. The van der Waals surface area contributed by atoms with E-state index in [0.717, 1.165) is 18.0 Å². The highest BCUT2D eigenvalue weighted by Crippen LogP contribution is 2.21. The standard InChI is InChI=1S/C17H26N6O/c1-13(16-21-20-15-9-5-6-11-23(15)16)19-17(24)18-10-12-22(2)14-7-3-4-8-14/h5-6,9,11,13-14H,3-4,7-8,10,12H2,1-2H3,(H2,18,19,24). The van der Waals surface area contributed by atoms with Crippen LogP contribution in [0.4, 0.5) is 4.79 Å². The van der Waals surface area contributed by atoms with Crippen molar-refractivity contribution in [3.63, 3.8) is 0 Å². The van der Waals surface area contributed by atoms with Gasteiger partial charge in [-0.25, -0.2) is 4.79 Å². The number of fused-ring (bicyclic) bond motifs is 1. The predicted molar refractivity (Wildman–Crippen MR) is 92.8 cm³/mol. The second-order valence-electron chi connectivity index (χ2n) is 6.53. The van der Waals surface area contributed by atoms with Crippen molar-refractivity contribution in [1.29, 1.82) is 0 Å². The maximum atomic E-state index is 12.1. The molecule has 3 rings (SSSR count). The van der Waals surface area contributed by atoms with Crippen molar-refractivity contribution in [2.75, 3.05) is 20.1 Å². The van der Waals surface area contributed by atoms with Crippen LogP contribution < -0.4 is 10.6 Å². The smallest absolute Gasteiger partial charge is 0.315 e. The SMILES string of the molecule is CC(NC(=O)NCCN(C)C1CCCC1)c1nnc2ccccn12. The van der Waals surface area contributed by atoms with E-state index in [1.165, 1.54) is 25.7 Å². The monoisotopic (exact) mass is 330 g/mol. The lowest BCUT2D eigenvalue weighted by Crippen LogP contribution is -2.42. The summed E-state index contributed by atoms with van der Waals surface area (Å²) in [5.74, 6) is 0.726. The molecule has 2 aromatic rings. The van der Waals surface area contributed by atoms with Crippen LogP contribution in [0.1, 0.15) is 44.5 Å². The molecule has 0 bridgehead atoms. The number of pyridine rings is 1. The Labute approximate surface area is 142 Å². The molecule has 1 fully saturated rings. The molecule has 1 atom stereocenters. The lowest BCUT2D eigenvalue weighted by atomic mass is 10.2. The number of nitrogens with zero attached hydrogens (tertiary/aromatic N) is 4. The Bertz CT molecular complexity index is 679. The molecule has 1 aliphatic rings. The topological polar surface area (TPSA) is 74.6 Å². The van der Waals surface area contributed by atoms with E-state index in [0.29, 0.717) is 12.6 Å². The van der Waals surface area contributed by atoms with Crippen LogP contribution in [0.25, 0.3) is 5.65 Å². The van der Waals surface area contributed by atoms with Crippen LogP contribution in [-0.2, 0) is 0 Å². The van der Waals surface area contributed by atoms with Gasteiger partial charge in [0.2, 0.25) is 0 Å². The molecule has 24 heavy (non-hydrogen) atoms. The van der Waals surface area contributed by atoms with Crippen LogP contribution >= 0.6 is 0 Å². The van der Waals surface area contributed by atoms with E-state index in [9.17, 15) is 4.79 Å². The first-order chi connectivity index (χ1) is 11.6. The van der Waals surface area contributed by atoms with E-state index in [1.54, 1.807) is 0 Å². The zero-order valence-corrected chi connectivity index (χ0v) is 14.4. The van der Waals surface area contributed by atoms with Gasteiger partial charge in [0.1, 0.15) is 0 Å². The summed E-state index contributed by atoms with van der Waals surface area (Å²) in [5.41, 5.74) is 0.778. The maximum absolute atomic E-state index is 12.1. The second kappa shape index (κ2) is 7.61. The Morgan fingerprint density at radius 1 is 1.38 bits per heavy atom.